The number of hydrogen-bond acceptors (Lipinski definition) is 18. The molecule has 135 heavy (non-hydrogen) atoms. The summed E-state index contributed by atoms with van der Waals surface area (Å²) < 4.78 is 202. The lowest BCUT2D eigenvalue weighted by atomic mass is 10.0. The summed E-state index contributed by atoms with van der Waals surface area (Å²) in [5.41, 5.74) is 1.18. The van der Waals surface area contributed by atoms with Gasteiger partial charge in [0, 0.05) is 108 Å². The SMILES string of the molecule is N#Cc1ccc(-c2ccc(OC(=O)CCCCCC(=O)Oc3ccc(-c4ccc(C#N)c(F)c4)c(F)c3)cc2F)cc1F.N#Cc1ccc(-c2ccc(OC(=O)CCCCCCCC(=O)Oc3ccc(-c4ccc(C#N)c(F)c4)c(F)c3)cc2F)cc1F.N#Cc1ccc(-c2ccc(OC(=O)CCCCCCCCCC(=O)Oc3ccc(-c4ccc(C#N)c(F)c4)c(F)c3)cc2F)cc1F. The Kier molecular flexibility index (Phi) is 37.4. The maximum Gasteiger partial charge on any atom is 0.311 e. The van der Waals surface area contributed by atoms with Crippen molar-refractivity contribution in [1.29, 1.82) is 31.6 Å². The summed E-state index contributed by atoms with van der Waals surface area (Å²) in [6.07, 6.45) is 10.6. The number of halogens is 12. The van der Waals surface area contributed by atoms with Gasteiger partial charge in [-0.3, -0.25) is 28.8 Å². The third kappa shape index (κ3) is 29.8. The monoisotopic (exact) mass is 1840 g/mol. The van der Waals surface area contributed by atoms with Gasteiger partial charge in [-0.2, -0.15) is 31.6 Å². The molecule has 0 aliphatic heterocycles. The molecule has 30 heteroatoms. The minimum absolute atomic E-state index is 0.0157. The number of carbonyl (C=O) groups excluding carboxylic acids is 6. The van der Waals surface area contributed by atoms with Crippen LogP contribution in [0, 0.1) is 138 Å². The summed E-state index contributed by atoms with van der Waals surface area (Å²) in [5.74, 6) is -11.9. The van der Waals surface area contributed by atoms with Crippen molar-refractivity contribution in [3.8, 4) is 138 Å². The van der Waals surface area contributed by atoms with Gasteiger partial charge in [0.25, 0.3) is 0 Å². The van der Waals surface area contributed by atoms with Crippen LogP contribution < -0.4 is 28.4 Å². The molecule has 684 valence electrons. The van der Waals surface area contributed by atoms with Crippen LogP contribution in [-0.2, 0) is 28.8 Å². The van der Waals surface area contributed by atoms with Gasteiger partial charge in [-0.25, -0.2) is 52.7 Å². The number of nitriles is 6. The zero-order valence-corrected chi connectivity index (χ0v) is 71.8. The Balaban J connectivity index is 0.000000210. The van der Waals surface area contributed by atoms with E-state index in [1.54, 1.807) is 36.4 Å². The van der Waals surface area contributed by atoms with Crippen molar-refractivity contribution in [3.05, 3.63) is 322 Å². The molecule has 0 N–H and O–H groups in total. The first kappa shape index (κ1) is 101. The van der Waals surface area contributed by atoms with Crippen LogP contribution in [0.5, 0.6) is 34.5 Å². The number of rotatable bonds is 36. The Morgan fingerprint density at radius 2 is 0.311 bits per heavy atom. The summed E-state index contributed by atoms with van der Waals surface area (Å²) in [5, 5.41) is 53.0. The molecular formula is C105H78F12N6O12. The fraction of sp³-hybridized carbons (Fsp3) is 0.200. The first-order chi connectivity index (χ1) is 65.0. The van der Waals surface area contributed by atoms with E-state index < -0.39 is 106 Å². The topological polar surface area (TPSA) is 301 Å². The molecule has 0 radical (unpaired) electrons. The molecule has 18 nitrogen and oxygen atoms in total. The number of esters is 6. The summed E-state index contributed by atoms with van der Waals surface area (Å²) in [6.45, 7) is 0. The first-order valence-electron chi connectivity index (χ1n) is 42.3. The van der Waals surface area contributed by atoms with Crippen molar-refractivity contribution in [2.45, 2.75) is 135 Å². The fourth-order valence-electron chi connectivity index (χ4n) is 13.7. The zero-order valence-electron chi connectivity index (χ0n) is 71.8. The van der Waals surface area contributed by atoms with Crippen LogP contribution in [0.2, 0.25) is 0 Å². The van der Waals surface area contributed by atoms with Crippen LogP contribution >= 0.6 is 0 Å². The highest BCUT2D eigenvalue weighted by atomic mass is 19.2. The standard InChI is InChI=1S/C37H30F4N2O4.C35H26F4N2O4.C33H22F4N2O4/c38-32-18-24(10-12-26(32)22-42)30-16-14-28(20-34(30)40)46-36(44)8-6-4-2-1-3-5-7-9-37(45)47-29-15-17-31(35(41)21-29)25-11-13-27(23-43)33(39)19-25;36-30-16-22(8-10-24(30)20-40)28-14-12-26(18-32(28)38)44-34(42)6-4-2-1-3-5-7-35(43)45-27-13-15-29(33(39)19-27)23-9-11-25(21-41)31(37)17-23;34-28-14-20(6-8-22(28)18-38)26-12-10-24(16-30(26)36)42-32(40)4-2-1-3-5-33(41)43-25-11-13-27(31(37)17-25)21-7-9-23(19-39)29(35)15-21/h10-21H,1-9H2;8-19H,1-7H2;6-17H,1-5H2. The quantitative estimate of drug-likeness (QED) is 0.0152. The Morgan fingerprint density at radius 1 is 0.178 bits per heavy atom. The molecule has 0 atom stereocenters. The normalized spacial score (nSPS) is 10.5. The van der Waals surface area contributed by atoms with Gasteiger partial charge in [0.2, 0.25) is 0 Å². The lowest BCUT2D eigenvalue weighted by molar-refractivity contribution is -0.135. The number of benzene rings is 12. The molecule has 12 aromatic rings. The van der Waals surface area contributed by atoms with Gasteiger partial charge < -0.3 is 28.4 Å². The highest BCUT2D eigenvalue weighted by Crippen LogP contribution is 2.36. The maximum absolute atomic E-state index is 14.6. The third-order valence-electron chi connectivity index (χ3n) is 20.7. The molecule has 0 heterocycles. The highest BCUT2D eigenvalue weighted by Gasteiger charge is 2.22. The van der Waals surface area contributed by atoms with Crippen molar-refractivity contribution < 1.29 is 110 Å². The van der Waals surface area contributed by atoms with E-state index in [9.17, 15) is 81.5 Å². The van der Waals surface area contributed by atoms with Crippen LogP contribution in [-0.4, -0.2) is 35.8 Å². The maximum atomic E-state index is 14.6. The predicted octanol–water partition coefficient (Wildman–Crippen LogP) is 25.7. The number of ether oxygens (including phenoxy) is 6. The fourth-order valence-corrected chi connectivity index (χ4v) is 13.7. The second-order valence-corrected chi connectivity index (χ2v) is 30.3. The second-order valence-electron chi connectivity index (χ2n) is 30.3. The molecular weight excluding hydrogens is 1770 g/mol. The average Bonchev–Trinajstić information content (AvgIpc) is 0.841. The van der Waals surface area contributed by atoms with Gasteiger partial charge in [-0.1, -0.05) is 94.2 Å². The lowest BCUT2D eigenvalue weighted by Gasteiger charge is -2.09. The van der Waals surface area contributed by atoms with Crippen molar-refractivity contribution in [3.63, 3.8) is 0 Å². The minimum Gasteiger partial charge on any atom is -0.426 e. The van der Waals surface area contributed by atoms with Gasteiger partial charge in [-0.15, -0.1) is 0 Å². The second kappa shape index (κ2) is 50.1. The predicted molar refractivity (Wildman–Crippen MR) is 470 cm³/mol. The first-order valence-corrected chi connectivity index (χ1v) is 42.3. The van der Waals surface area contributed by atoms with E-state index in [0.717, 1.165) is 111 Å². The van der Waals surface area contributed by atoms with E-state index in [0.29, 0.717) is 57.8 Å². The zero-order chi connectivity index (χ0) is 97.0. The van der Waals surface area contributed by atoms with Crippen LogP contribution in [0.1, 0.15) is 168 Å². The number of unbranched alkanes of at least 4 members (excludes halogenated alkanes) is 12. The molecule has 0 fully saturated rings. The number of carbonyl (C=O) groups is 6. The van der Waals surface area contributed by atoms with Crippen LogP contribution in [0.3, 0.4) is 0 Å². The molecule has 0 bridgehead atoms. The van der Waals surface area contributed by atoms with Gasteiger partial charge in [0.15, 0.2) is 0 Å². The van der Waals surface area contributed by atoms with Gasteiger partial charge >= 0.3 is 35.8 Å². The van der Waals surface area contributed by atoms with Crippen molar-refractivity contribution in [2.75, 3.05) is 0 Å². The molecule has 0 aliphatic carbocycles. The Hall–Kier alpha value is -16.4. The summed E-state index contributed by atoms with van der Waals surface area (Å²) in [7, 11) is 0. The van der Waals surface area contributed by atoms with E-state index >= 15 is 0 Å². The van der Waals surface area contributed by atoms with E-state index in [1.165, 1.54) is 146 Å². The van der Waals surface area contributed by atoms with Crippen LogP contribution in [0.4, 0.5) is 52.7 Å². The highest BCUT2D eigenvalue weighted by molar-refractivity contribution is 5.79. The summed E-state index contributed by atoms with van der Waals surface area (Å²) in [6, 6.07) is 55.6. The molecule has 0 saturated carbocycles. The Labute approximate surface area is 767 Å². The number of hydrogen-bond donors (Lipinski definition) is 0. The van der Waals surface area contributed by atoms with Crippen LogP contribution in [0.25, 0.3) is 66.8 Å². The molecule has 12 aromatic carbocycles. The van der Waals surface area contributed by atoms with Crippen LogP contribution in [0.15, 0.2) is 218 Å². The Morgan fingerprint density at radius 3 is 0.437 bits per heavy atom. The largest absolute Gasteiger partial charge is 0.426 e. The molecule has 0 unspecified atom stereocenters. The van der Waals surface area contributed by atoms with E-state index in [2.05, 4.69) is 0 Å². The van der Waals surface area contributed by atoms with Gasteiger partial charge in [0.1, 0.15) is 141 Å². The van der Waals surface area contributed by atoms with Crippen molar-refractivity contribution in [1.82, 2.24) is 0 Å². The third-order valence-corrected chi connectivity index (χ3v) is 20.7. The molecule has 0 aromatic heterocycles. The molecule has 0 saturated heterocycles. The molecule has 0 spiro atoms. The Bertz CT molecular complexity index is 6290. The van der Waals surface area contributed by atoms with Crippen molar-refractivity contribution in [2.24, 2.45) is 0 Å². The van der Waals surface area contributed by atoms with E-state index in [1.807, 2.05) is 0 Å². The smallest absolute Gasteiger partial charge is 0.311 e. The molecule has 0 aliphatic rings. The van der Waals surface area contributed by atoms with E-state index in [4.69, 9.17) is 60.0 Å². The van der Waals surface area contributed by atoms with Gasteiger partial charge in [0.05, 0.1) is 33.4 Å². The average molecular weight is 1840 g/mol. The summed E-state index contributed by atoms with van der Waals surface area (Å²) in [4.78, 5) is 73.0. The number of nitrogens with zero attached hydrogens (tertiary/aromatic N) is 6. The molecule has 0 amide bonds. The van der Waals surface area contributed by atoms with Gasteiger partial charge in [-0.05, 0) is 217 Å². The molecule has 12 rings (SSSR count). The lowest BCUT2D eigenvalue weighted by Crippen LogP contribution is -2.09. The minimum atomic E-state index is -0.773. The van der Waals surface area contributed by atoms with Crippen molar-refractivity contribution >= 4 is 35.8 Å². The summed E-state index contributed by atoms with van der Waals surface area (Å²) >= 11 is 0. The van der Waals surface area contributed by atoms with E-state index in [-0.39, 0.29) is 173 Å².